The molecular formula is C16H16FNO2S. The number of carbonyl (C=O) groups excluding carboxylic acids is 1. The molecule has 1 aromatic heterocycles. The van der Waals surface area contributed by atoms with Gasteiger partial charge >= 0.3 is 0 Å². The van der Waals surface area contributed by atoms with Crippen LogP contribution in [0.15, 0.2) is 42.5 Å². The standard InChI is InChI=1S/C16H16FNO2S/c1-20-11-10-18-16(19)9-7-14-6-8-15(21-14)12-2-4-13(17)5-3-12/h2-9H,10-11H2,1H3,(H,18,19)/b9-7+. The first kappa shape index (κ1) is 15.4. The zero-order chi connectivity index (χ0) is 15.1. The Morgan fingerprint density at radius 2 is 2.05 bits per heavy atom. The van der Waals surface area contributed by atoms with Crippen LogP contribution in [-0.2, 0) is 9.53 Å². The van der Waals surface area contributed by atoms with Crippen molar-refractivity contribution in [3.63, 3.8) is 0 Å². The highest BCUT2D eigenvalue weighted by Crippen LogP contribution is 2.28. The van der Waals surface area contributed by atoms with Gasteiger partial charge in [0.15, 0.2) is 0 Å². The highest BCUT2D eigenvalue weighted by atomic mass is 32.1. The largest absolute Gasteiger partial charge is 0.383 e. The summed E-state index contributed by atoms with van der Waals surface area (Å²) in [5.74, 6) is -0.396. The van der Waals surface area contributed by atoms with Gasteiger partial charge in [-0.25, -0.2) is 4.39 Å². The molecule has 2 rings (SSSR count). The van der Waals surface area contributed by atoms with Gasteiger partial charge in [0.1, 0.15) is 5.82 Å². The third-order valence-corrected chi connectivity index (χ3v) is 3.86. The van der Waals surface area contributed by atoms with Crippen LogP contribution in [0.3, 0.4) is 0 Å². The quantitative estimate of drug-likeness (QED) is 0.656. The number of hydrogen-bond donors (Lipinski definition) is 1. The third-order valence-electron chi connectivity index (χ3n) is 2.76. The zero-order valence-electron chi connectivity index (χ0n) is 11.6. The molecular weight excluding hydrogens is 289 g/mol. The molecule has 2 aromatic rings. The van der Waals surface area contributed by atoms with Crippen molar-refractivity contribution in [1.82, 2.24) is 5.32 Å². The van der Waals surface area contributed by atoms with E-state index in [0.29, 0.717) is 13.2 Å². The van der Waals surface area contributed by atoms with Gasteiger partial charge in [-0.05, 0) is 35.9 Å². The Bertz CT molecular complexity index is 619. The fraction of sp³-hybridized carbons (Fsp3) is 0.188. The summed E-state index contributed by atoms with van der Waals surface area (Å²) in [6.45, 7) is 0.984. The molecule has 0 aliphatic rings. The molecule has 1 aromatic carbocycles. The summed E-state index contributed by atoms with van der Waals surface area (Å²) in [6.07, 6.45) is 3.26. The second-order valence-corrected chi connectivity index (χ2v) is 5.44. The third kappa shape index (κ3) is 4.81. The number of thiophene rings is 1. The van der Waals surface area contributed by atoms with E-state index in [1.54, 1.807) is 36.7 Å². The lowest BCUT2D eigenvalue weighted by atomic mass is 10.2. The van der Waals surface area contributed by atoms with E-state index in [1.807, 2.05) is 12.1 Å². The summed E-state index contributed by atoms with van der Waals surface area (Å²) < 4.78 is 17.7. The summed E-state index contributed by atoms with van der Waals surface area (Å²) in [7, 11) is 1.59. The van der Waals surface area contributed by atoms with E-state index in [1.165, 1.54) is 18.2 Å². The summed E-state index contributed by atoms with van der Waals surface area (Å²) in [6, 6.07) is 10.3. The van der Waals surface area contributed by atoms with E-state index in [4.69, 9.17) is 4.74 Å². The molecule has 0 aliphatic carbocycles. The van der Waals surface area contributed by atoms with Gasteiger partial charge < -0.3 is 10.1 Å². The number of methoxy groups -OCH3 is 1. The first-order chi connectivity index (χ1) is 10.2. The van der Waals surface area contributed by atoms with Crippen LogP contribution in [0.5, 0.6) is 0 Å². The molecule has 0 atom stereocenters. The molecule has 0 bridgehead atoms. The van der Waals surface area contributed by atoms with Gasteiger partial charge in [-0.3, -0.25) is 4.79 Å². The maximum absolute atomic E-state index is 12.9. The van der Waals surface area contributed by atoms with E-state index in [-0.39, 0.29) is 11.7 Å². The van der Waals surface area contributed by atoms with Crippen LogP contribution in [0.4, 0.5) is 4.39 Å². The number of rotatable bonds is 6. The number of nitrogens with one attached hydrogen (secondary N) is 1. The molecule has 0 fully saturated rings. The predicted molar refractivity (Wildman–Crippen MR) is 83.6 cm³/mol. The zero-order valence-corrected chi connectivity index (χ0v) is 12.5. The summed E-state index contributed by atoms with van der Waals surface area (Å²) >= 11 is 1.55. The molecule has 1 N–H and O–H groups in total. The molecule has 0 unspecified atom stereocenters. The monoisotopic (exact) mass is 305 g/mol. The normalized spacial score (nSPS) is 11.0. The van der Waals surface area contributed by atoms with Crippen molar-refractivity contribution in [2.75, 3.05) is 20.3 Å². The number of carbonyl (C=O) groups is 1. The van der Waals surface area contributed by atoms with E-state index >= 15 is 0 Å². The molecule has 0 aliphatic heterocycles. The Labute approximate surface area is 127 Å². The maximum Gasteiger partial charge on any atom is 0.244 e. The molecule has 0 radical (unpaired) electrons. The summed E-state index contributed by atoms with van der Waals surface area (Å²) in [5.41, 5.74) is 0.964. The van der Waals surface area contributed by atoms with Crippen molar-refractivity contribution in [2.24, 2.45) is 0 Å². The minimum Gasteiger partial charge on any atom is -0.383 e. The predicted octanol–water partition coefficient (Wildman–Crippen LogP) is 3.33. The summed E-state index contributed by atoms with van der Waals surface area (Å²) in [4.78, 5) is 13.5. The minimum absolute atomic E-state index is 0.149. The van der Waals surface area contributed by atoms with Crippen LogP contribution in [-0.4, -0.2) is 26.2 Å². The van der Waals surface area contributed by atoms with Gasteiger partial charge in [0.2, 0.25) is 5.91 Å². The minimum atomic E-state index is -0.247. The number of amides is 1. The van der Waals surface area contributed by atoms with E-state index < -0.39 is 0 Å². The molecule has 0 spiro atoms. The Morgan fingerprint density at radius 3 is 2.76 bits per heavy atom. The van der Waals surface area contributed by atoms with Crippen molar-refractivity contribution >= 4 is 23.3 Å². The van der Waals surface area contributed by atoms with Gasteiger partial charge in [0.25, 0.3) is 0 Å². The highest BCUT2D eigenvalue weighted by molar-refractivity contribution is 7.16. The SMILES string of the molecule is COCCNC(=O)/C=C/c1ccc(-c2ccc(F)cc2)s1. The first-order valence-corrected chi connectivity index (χ1v) is 7.31. The highest BCUT2D eigenvalue weighted by Gasteiger charge is 2.02. The fourth-order valence-electron chi connectivity index (χ4n) is 1.70. The van der Waals surface area contributed by atoms with E-state index in [0.717, 1.165) is 15.3 Å². The van der Waals surface area contributed by atoms with Gasteiger partial charge in [0.05, 0.1) is 6.61 Å². The van der Waals surface area contributed by atoms with E-state index in [2.05, 4.69) is 5.32 Å². The lowest BCUT2D eigenvalue weighted by Gasteiger charge is -1.99. The van der Waals surface area contributed by atoms with Crippen molar-refractivity contribution in [1.29, 1.82) is 0 Å². The van der Waals surface area contributed by atoms with Crippen molar-refractivity contribution in [3.05, 3.63) is 53.2 Å². The lowest BCUT2D eigenvalue weighted by molar-refractivity contribution is -0.116. The second-order valence-electron chi connectivity index (χ2n) is 4.33. The topological polar surface area (TPSA) is 38.3 Å². The molecule has 1 heterocycles. The van der Waals surface area contributed by atoms with Crippen LogP contribution in [0, 0.1) is 5.82 Å². The van der Waals surface area contributed by atoms with Gasteiger partial charge in [-0.1, -0.05) is 12.1 Å². The van der Waals surface area contributed by atoms with Crippen LogP contribution in [0.2, 0.25) is 0 Å². The fourth-order valence-corrected chi connectivity index (χ4v) is 2.62. The Kier molecular flexibility index (Phi) is 5.66. The second kappa shape index (κ2) is 7.71. The van der Waals surface area contributed by atoms with Crippen molar-refractivity contribution in [3.8, 4) is 10.4 Å². The van der Waals surface area contributed by atoms with Crippen LogP contribution < -0.4 is 5.32 Å². The molecule has 0 saturated carbocycles. The first-order valence-electron chi connectivity index (χ1n) is 6.49. The van der Waals surface area contributed by atoms with Crippen LogP contribution in [0.1, 0.15) is 4.88 Å². The number of halogens is 1. The Hall–Kier alpha value is -1.98. The van der Waals surface area contributed by atoms with Gasteiger partial charge in [-0.2, -0.15) is 0 Å². The van der Waals surface area contributed by atoms with Crippen LogP contribution >= 0.6 is 11.3 Å². The molecule has 3 nitrogen and oxygen atoms in total. The Morgan fingerprint density at radius 1 is 1.29 bits per heavy atom. The summed E-state index contributed by atoms with van der Waals surface area (Å²) in [5, 5.41) is 2.71. The number of benzene rings is 1. The molecule has 0 saturated heterocycles. The van der Waals surface area contributed by atoms with Crippen LogP contribution in [0.25, 0.3) is 16.5 Å². The van der Waals surface area contributed by atoms with E-state index in [9.17, 15) is 9.18 Å². The lowest BCUT2D eigenvalue weighted by Crippen LogP contribution is -2.24. The molecule has 5 heteroatoms. The average molecular weight is 305 g/mol. The molecule has 110 valence electrons. The van der Waals surface area contributed by atoms with Crippen molar-refractivity contribution in [2.45, 2.75) is 0 Å². The van der Waals surface area contributed by atoms with Gasteiger partial charge in [0, 0.05) is 29.5 Å². The van der Waals surface area contributed by atoms with Crippen molar-refractivity contribution < 1.29 is 13.9 Å². The number of hydrogen-bond acceptors (Lipinski definition) is 3. The number of ether oxygens (including phenoxy) is 1. The molecule has 21 heavy (non-hydrogen) atoms. The maximum atomic E-state index is 12.9. The Balaban J connectivity index is 1.96. The van der Waals surface area contributed by atoms with Gasteiger partial charge in [-0.15, -0.1) is 11.3 Å². The molecule has 1 amide bonds. The smallest absolute Gasteiger partial charge is 0.244 e. The average Bonchev–Trinajstić information content (AvgIpc) is 2.95.